The summed E-state index contributed by atoms with van der Waals surface area (Å²) in [5, 5.41) is 2.26. The highest BCUT2D eigenvalue weighted by Gasteiger charge is 2.38. The van der Waals surface area contributed by atoms with E-state index in [0.717, 1.165) is 50.5 Å². The molecule has 2 nitrogen and oxygen atoms in total. The van der Waals surface area contributed by atoms with Crippen molar-refractivity contribution in [3.05, 3.63) is 211 Å². The Kier molecular flexibility index (Phi) is 7.55. The van der Waals surface area contributed by atoms with Crippen LogP contribution in [0, 0.1) is 0 Å². The van der Waals surface area contributed by atoms with Crippen LogP contribution >= 0.6 is 0 Å². The third kappa shape index (κ3) is 5.33. The molecule has 11 rings (SSSR count). The average Bonchev–Trinajstić information content (AvgIpc) is 3.51. The first-order valence-corrected chi connectivity index (χ1v) is 19.8. The van der Waals surface area contributed by atoms with E-state index in [0.29, 0.717) is 0 Å². The molecule has 0 amide bonds. The monoisotopic (exact) mass is 729 g/mol. The quantitative estimate of drug-likeness (QED) is 0.169. The summed E-state index contributed by atoms with van der Waals surface area (Å²) < 4.78 is 6.84. The molecule has 2 aliphatic rings. The van der Waals surface area contributed by atoms with Crippen LogP contribution in [-0.2, 0) is 5.41 Å². The number of anilines is 3. The fourth-order valence-corrected chi connectivity index (χ4v) is 9.29. The molecule has 0 saturated carbocycles. The van der Waals surface area contributed by atoms with Crippen molar-refractivity contribution in [1.29, 1.82) is 0 Å². The Morgan fingerprint density at radius 1 is 0.386 bits per heavy atom. The number of benzene rings is 9. The maximum Gasteiger partial charge on any atom is 0.136 e. The van der Waals surface area contributed by atoms with Gasteiger partial charge in [0, 0.05) is 33.0 Å². The molecule has 0 unspecified atom stereocenters. The van der Waals surface area contributed by atoms with E-state index in [1.165, 1.54) is 55.6 Å². The van der Waals surface area contributed by atoms with Gasteiger partial charge in [0.2, 0.25) is 0 Å². The van der Waals surface area contributed by atoms with Crippen molar-refractivity contribution in [3.8, 4) is 67.1 Å². The summed E-state index contributed by atoms with van der Waals surface area (Å²) in [6.07, 6.45) is 0. The first kappa shape index (κ1) is 33.2. The first-order valence-electron chi connectivity index (χ1n) is 19.8. The number of ether oxygens (including phenoxy) is 1. The van der Waals surface area contributed by atoms with Gasteiger partial charge < -0.3 is 9.64 Å². The van der Waals surface area contributed by atoms with Gasteiger partial charge in [0.25, 0.3) is 0 Å². The molecule has 0 saturated heterocycles. The standard InChI is InChI=1S/C55H39NO/c1-55(2)47-25-13-12-22-45(47)54-48(55)26-15-27-50(54)56(42-33-40(37-18-8-4-9-19-37)32-41(34-42)38-20-10-5-11-21-38)49-30-31-51-53-44(23-14-24-46(49)53)43-29-28-39(35-52(43)57-51)36-16-6-3-7-17-36/h3-35H,1-2H3. The number of hydrogen-bond donors (Lipinski definition) is 0. The van der Waals surface area contributed by atoms with E-state index >= 15 is 0 Å². The van der Waals surface area contributed by atoms with Crippen molar-refractivity contribution in [2.24, 2.45) is 0 Å². The lowest BCUT2D eigenvalue weighted by Gasteiger charge is -2.32. The zero-order valence-electron chi connectivity index (χ0n) is 31.9. The van der Waals surface area contributed by atoms with Crippen LogP contribution in [0.25, 0.3) is 66.4 Å². The third-order valence-electron chi connectivity index (χ3n) is 12.0. The summed E-state index contributed by atoms with van der Waals surface area (Å²) in [7, 11) is 0. The average molecular weight is 730 g/mol. The number of rotatable bonds is 6. The maximum absolute atomic E-state index is 6.84. The molecule has 9 aromatic carbocycles. The summed E-state index contributed by atoms with van der Waals surface area (Å²) in [6, 6.07) is 72.6. The minimum Gasteiger partial charge on any atom is -0.456 e. The van der Waals surface area contributed by atoms with Crippen molar-refractivity contribution >= 4 is 27.8 Å². The molecule has 1 aliphatic heterocycles. The Bertz CT molecular complexity index is 2940. The smallest absolute Gasteiger partial charge is 0.136 e. The topological polar surface area (TPSA) is 12.5 Å². The molecular formula is C55H39NO. The summed E-state index contributed by atoms with van der Waals surface area (Å²) in [6.45, 7) is 4.71. The van der Waals surface area contributed by atoms with Gasteiger partial charge in [-0.3, -0.25) is 0 Å². The predicted octanol–water partition coefficient (Wildman–Crippen LogP) is 15.4. The molecular weight excluding hydrogens is 691 g/mol. The van der Waals surface area contributed by atoms with Crippen LogP contribution in [0.4, 0.5) is 17.1 Å². The van der Waals surface area contributed by atoms with E-state index in [9.17, 15) is 0 Å². The molecule has 57 heavy (non-hydrogen) atoms. The van der Waals surface area contributed by atoms with Gasteiger partial charge in [-0.25, -0.2) is 0 Å². The van der Waals surface area contributed by atoms with Crippen LogP contribution < -0.4 is 9.64 Å². The second kappa shape index (κ2) is 13.0. The lowest BCUT2D eigenvalue weighted by atomic mass is 9.82. The SMILES string of the molecule is CC1(C)c2ccccc2-c2c(N(c3cc(-c4ccccc4)cc(-c4ccccc4)c3)c3ccc4c5c(cccc35)-c3ccc(-c5ccccc5)cc3O4)cccc21. The van der Waals surface area contributed by atoms with Gasteiger partial charge in [-0.2, -0.15) is 0 Å². The van der Waals surface area contributed by atoms with Gasteiger partial charge in [-0.1, -0.05) is 166 Å². The van der Waals surface area contributed by atoms with Crippen LogP contribution in [0.1, 0.15) is 25.0 Å². The van der Waals surface area contributed by atoms with Crippen molar-refractivity contribution in [2.45, 2.75) is 19.3 Å². The van der Waals surface area contributed by atoms with Crippen LogP contribution in [0.5, 0.6) is 11.5 Å². The Morgan fingerprint density at radius 3 is 1.68 bits per heavy atom. The van der Waals surface area contributed by atoms with E-state index in [2.05, 4.69) is 219 Å². The summed E-state index contributed by atoms with van der Waals surface area (Å²) in [4.78, 5) is 2.51. The minimum atomic E-state index is -0.148. The van der Waals surface area contributed by atoms with E-state index in [-0.39, 0.29) is 5.41 Å². The van der Waals surface area contributed by atoms with Gasteiger partial charge in [0.05, 0.1) is 11.4 Å². The summed E-state index contributed by atoms with van der Waals surface area (Å²) in [5.74, 6) is 1.75. The van der Waals surface area contributed by atoms with Crippen LogP contribution in [0.15, 0.2) is 200 Å². The molecule has 0 bridgehead atoms. The molecule has 270 valence electrons. The van der Waals surface area contributed by atoms with Gasteiger partial charge >= 0.3 is 0 Å². The fourth-order valence-electron chi connectivity index (χ4n) is 9.29. The molecule has 2 heteroatoms. The van der Waals surface area contributed by atoms with E-state index in [1.807, 2.05) is 0 Å². The van der Waals surface area contributed by atoms with Crippen molar-refractivity contribution in [3.63, 3.8) is 0 Å². The minimum absolute atomic E-state index is 0.148. The molecule has 0 spiro atoms. The summed E-state index contributed by atoms with van der Waals surface area (Å²) in [5.41, 5.74) is 17.7. The molecule has 0 fully saturated rings. The first-order chi connectivity index (χ1) is 28.0. The lowest BCUT2D eigenvalue weighted by molar-refractivity contribution is 0.487. The maximum atomic E-state index is 6.84. The molecule has 0 atom stereocenters. The largest absolute Gasteiger partial charge is 0.456 e. The Labute approximate surface area is 333 Å². The Morgan fingerprint density at radius 2 is 0.982 bits per heavy atom. The zero-order chi connectivity index (χ0) is 38.1. The molecule has 0 aromatic heterocycles. The van der Waals surface area contributed by atoms with Crippen LogP contribution in [-0.4, -0.2) is 0 Å². The van der Waals surface area contributed by atoms with E-state index in [1.54, 1.807) is 0 Å². The molecule has 1 aliphatic carbocycles. The second-order valence-corrected chi connectivity index (χ2v) is 15.7. The number of hydrogen-bond acceptors (Lipinski definition) is 2. The Hall–Kier alpha value is -7.16. The predicted molar refractivity (Wildman–Crippen MR) is 238 cm³/mol. The van der Waals surface area contributed by atoms with Gasteiger partial charge in [-0.05, 0) is 104 Å². The molecule has 9 aromatic rings. The van der Waals surface area contributed by atoms with Gasteiger partial charge in [0.15, 0.2) is 0 Å². The Balaban J connectivity index is 1.19. The van der Waals surface area contributed by atoms with Gasteiger partial charge in [-0.15, -0.1) is 0 Å². The van der Waals surface area contributed by atoms with Crippen LogP contribution in [0.3, 0.4) is 0 Å². The molecule has 0 radical (unpaired) electrons. The third-order valence-corrected chi connectivity index (χ3v) is 12.0. The van der Waals surface area contributed by atoms with Crippen molar-refractivity contribution < 1.29 is 4.74 Å². The highest BCUT2D eigenvalue weighted by molar-refractivity contribution is 6.12. The van der Waals surface area contributed by atoms with Gasteiger partial charge in [0.1, 0.15) is 11.5 Å². The highest BCUT2D eigenvalue weighted by atomic mass is 16.5. The molecule has 0 N–H and O–H groups in total. The fraction of sp³-hybridized carbons (Fsp3) is 0.0545. The van der Waals surface area contributed by atoms with Crippen molar-refractivity contribution in [2.75, 3.05) is 4.90 Å². The van der Waals surface area contributed by atoms with E-state index < -0.39 is 0 Å². The van der Waals surface area contributed by atoms with E-state index in [4.69, 9.17) is 4.74 Å². The lowest BCUT2D eigenvalue weighted by Crippen LogP contribution is -2.16. The summed E-state index contributed by atoms with van der Waals surface area (Å²) >= 11 is 0. The second-order valence-electron chi connectivity index (χ2n) is 15.7. The molecule has 1 heterocycles. The highest BCUT2D eigenvalue weighted by Crippen LogP contribution is 2.56. The number of fused-ring (bicyclic) bond motifs is 5. The van der Waals surface area contributed by atoms with Crippen LogP contribution in [0.2, 0.25) is 0 Å². The zero-order valence-corrected chi connectivity index (χ0v) is 31.9. The normalized spacial score (nSPS) is 13.0. The van der Waals surface area contributed by atoms with Crippen molar-refractivity contribution in [1.82, 2.24) is 0 Å². The number of nitrogens with zero attached hydrogens (tertiary/aromatic N) is 1.